The number of carbonyl (C=O) groups excluding carboxylic acids is 2. The number of phosphoric ester groups is 1. The Labute approximate surface area is 483 Å². The molecule has 2 atom stereocenters. The molecule has 0 aromatic rings. The molecule has 0 heterocycles. The minimum Gasteiger partial charge on any atom is -0.756 e. The molecule has 2 unspecified atom stereocenters. The van der Waals surface area contributed by atoms with Gasteiger partial charge in [0.1, 0.15) is 19.8 Å². The molecule has 9 nitrogen and oxygen atoms in total. The molecule has 10 heteroatoms. The summed E-state index contributed by atoms with van der Waals surface area (Å²) in [5.41, 5.74) is 0. The highest BCUT2D eigenvalue weighted by molar-refractivity contribution is 7.45. The van der Waals surface area contributed by atoms with Crippen molar-refractivity contribution in [1.29, 1.82) is 0 Å². The van der Waals surface area contributed by atoms with Crippen LogP contribution in [0.1, 0.15) is 309 Å². The van der Waals surface area contributed by atoms with Gasteiger partial charge in [-0.15, -0.1) is 0 Å². The zero-order valence-corrected chi connectivity index (χ0v) is 52.8. The number of unbranched alkanes of at least 4 members (excludes halogenated alkanes) is 37. The summed E-state index contributed by atoms with van der Waals surface area (Å²) in [5, 5.41) is 0. The second-order valence-corrected chi connectivity index (χ2v) is 24.9. The van der Waals surface area contributed by atoms with Crippen LogP contribution in [-0.4, -0.2) is 70.0 Å². The van der Waals surface area contributed by atoms with Crippen LogP contribution in [0, 0.1) is 0 Å². The largest absolute Gasteiger partial charge is 0.756 e. The van der Waals surface area contributed by atoms with Crippen LogP contribution >= 0.6 is 7.82 Å². The number of allylic oxidation sites excluding steroid dienone is 10. The van der Waals surface area contributed by atoms with Crippen molar-refractivity contribution in [2.75, 3.05) is 47.5 Å². The zero-order chi connectivity index (χ0) is 57.0. The first-order chi connectivity index (χ1) is 38.0. The summed E-state index contributed by atoms with van der Waals surface area (Å²) in [7, 11) is 1.17. The number of ether oxygens (including phenoxy) is 2. The fraction of sp³-hybridized carbons (Fsp3) is 0.824. The van der Waals surface area contributed by atoms with Crippen molar-refractivity contribution < 1.29 is 42.1 Å². The molecule has 0 aliphatic heterocycles. The summed E-state index contributed by atoms with van der Waals surface area (Å²) in [6.07, 6.45) is 77.2. The lowest BCUT2D eigenvalue weighted by molar-refractivity contribution is -0.870. The van der Waals surface area contributed by atoms with Gasteiger partial charge in [0.25, 0.3) is 7.82 Å². The van der Waals surface area contributed by atoms with Gasteiger partial charge in [-0.1, -0.05) is 280 Å². The lowest BCUT2D eigenvalue weighted by Crippen LogP contribution is -2.37. The van der Waals surface area contributed by atoms with Crippen molar-refractivity contribution in [3.8, 4) is 0 Å². The molecule has 0 saturated heterocycles. The van der Waals surface area contributed by atoms with Crippen molar-refractivity contribution in [2.24, 2.45) is 0 Å². The van der Waals surface area contributed by atoms with E-state index in [1.54, 1.807) is 0 Å². The molecule has 0 aliphatic rings. The van der Waals surface area contributed by atoms with Crippen LogP contribution in [0.3, 0.4) is 0 Å². The van der Waals surface area contributed by atoms with Crippen LogP contribution in [0.15, 0.2) is 60.8 Å². The summed E-state index contributed by atoms with van der Waals surface area (Å²) in [5.74, 6) is -0.823. The van der Waals surface area contributed by atoms with E-state index in [1.165, 1.54) is 212 Å². The first kappa shape index (κ1) is 75.7. The maximum absolute atomic E-state index is 12.8. The number of esters is 2. The fourth-order valence-electron chi connectivity index (χ4n) is 9.47. The summed E-state index contributed by atoms with van der Waals surface area (Å²) >= 11 is 0. The minimum atomic E-state index is -4.64. The number of hydrogen-bond donors (Lipinski definition) is 0. The quantitative estimate of drug-likeness (QED) is 0.0195. The van der Waals surface area contributed by atoms with Gasteiger partial charge in [0.15, 0.2) is 6.10 Å². The van der Waals surface area contributed by atoms with Gasteiger partial charge in [-0.05, 0) is 77.0 Å². The summed E-state index contributed by atoms with van der Waals surface area (Å²) < 4.78 is 34.3. The number of rotatable bonds is 61. The van der Waals surface area contributed by atoms with Crippen molar-refractivity contribution in [3.63, 3.8) is 0 Å². The van der Waals surface area contributed by atoms with E-state index >= 15 is 0 Å². The summed E-state index contributed by atoms with van der Waals surface area (Å²) in [6.45, 7) is 4.17. The van der Waals surface area contributed by atoms with Crippen molar-refractivity contribution in [2.45, 2.75) is 315 Å². The Morgan fingerprint density at radius 2 is 0.731 bits per heavy atom. The summed E-state index contributed by atoms with van der Waals surface area (Å²) in [6, 6.07) is 0. The van der Waals surface area contributed by atoms with Crippen LogP contribution in [-0.2, 0) is 32.7 Å². The molecule has 456 valence electrons. The van der Waals surface area contributed by atoms with Gasteiger partial charge >= 0.3 is 11.9 Å². The first-order valence-electron chi connectivity index (χ1n) is 33.0. The van der Waals surface area contributed by atoms with Crippen LogP contribution in [0.2, 0.25) is 0 Å². The maximum Gasteiger partial charge on any atom is 0.306 e. The fourth-order valence-corrected chi connectivity index (χ4v) is 10.2. The van der Waals surface area contributed by atoms with E-state index in [0.717, 1.165) is 64.2 Å². The molecule has 0 fully saturated rings. The van der Waals surface area contributed by atoms with Gasteiger partial charge in [-0.25, -0.2) is 0 Å². The van der Waals surface area contributed by atoms with Crippen molar-refractivity contribution in [3.05, 3.63) is 60.8 Å². The molecular formula is C68H126NO8P. The normalized spacial score (nSPS) is 13.6. The molecule has 0 aliphatic carbocycles. The standard InChI is InChI=1S/C68H126NO8P/c1-6-8-10-12-14-16-18-20-22-24-26-28-30-32-33-34-35-37-38-40-42-44-46-48-50-52-54-56-58-60-67(70)74-64-66(65-76-78(72,73)75-63-62-69(3,4)5)77-68(71)61-59-57-55-53-51-49-47-45-43-41-39-36-31-29-27-25-23-21-19-17-15-13-11-9-7-2/h9,11,15,17,21,23-24,26-27,29,66H,6-8,10,12-14,16,18-20,22,25,28,30-65H2,1-5H3/b11-9-,17-15-,23-21-,26-24-,29-27-. The van der Waals surface area contributed by atoms with E-state index in [1.807, 2.05) is 21.1 Å². The lowest BCUT2D eigenvalue weighted by atomic mass is 10.0. The predicted octanol–water partition coefficient (Wildman–Crippen LogP) is 20.4. The second-order valence-electron chi connectivity index (χ2n) is 23.5. The van der Waals surface area contributed by atoms with E-state index in [-0.39, 0.29) is 32.0 Å². The van der Waals surface area contributed by atoms with Gasteiger partial charge in [0.2, 0.25) is 0 Å². The number of hydrogen-bond acceptors (Lipinski definition) is 8. The van der Waals surface area contributed by atoms with Crippen LogP contribution in [0.5, 0.6) is 0 Å². The average Bonchev–Trinajstić information content (AvgIpc) is 3.40. The molecule has 0 saturated carbocycles. The summed E-state index contributed by atoms with van der Waals surface area (Å²) in [4.78, 5) is 38.0. The first-order valence-corrected chi connectivity index (χ1v) is 34.5. The Kier molecular flexibility index (Phi) is 57.6. The van der Waals surface area contributed by atoms with E-state index < -0.39 is 26.5 Å². The lowest BCUT2D eigenvalue weighted by Gasteiger charge is -2.28. The number of quaternary nitrogens is 1. The van der Waals surface area contributed by atoms with E-state index in [2.05, 4.69) is 74.6 Å². The van der Waals surface area contributed by atoms with E-state index in [4.69, 9.17) is 18.5 Å². The molecular weight excluding hydrogens is 990 g/mol. The second kappa shape index (κ2) is 59.3. The monoisotopic (exact) mass is 1120 g/mol. The SMILES string of the molecule is CC/C=C\C/C=C\C/C=C\C/C=C\CCCCCCCCCCCCCCC(=O)OC(COC(=O)CCCCCCCCCCCCCCCCCCC/C=C\CCCCCCCCCC)COP(=O)([O-])OCC[N+](C)(C)C. The molecule has 0 spiro atoms. The molecule has 0 aromatic carbocycles. The van der Waals surface area contributed by atoms with Gasteiger partial charge in [-0.3, -0.25) is 14.2 Å². The van der Waals surface area contributed by atoms with Gasteiger partial charge in [0.05, 0.1) is 27.7 Å². The topological polar surface area (TPSA) is 111 Å². The highest BCUT2D eigenvalue weighted by Crippen LogP contribution is 2.38. The third kappa shape index (κ3) is 62.9. The third-order valence-corrected chi connectivity index (χ3v) is 15.5. The Morgan fingerprint density at radius 1 is 0.410 bits per heavy atom. The van der Waals surface area contributed by atoms with Gasteiger partial charge < -0.3 is 27.9 Å². The highest BCUT2D eigenvalue weighted by atomic mass is 31.2. The molecule has 0 bridgehead atoms. The van der Waals surface area contributed by atoms with Gasteiger partial charge in [-0.2, -0.15) is 0 Å². The van der Waals surface area contributed by atoms with Crippen molar-refractivity contribution >= 4 is 19.8 Å². The Morgan fingerprint density at radius 3 is 1.10 bits per heavy atom. The predicted molar refractivity (Wildman–Crippen MR) is 333 cm³/mol. The minimum absolute atomic E-state index is 0.0313. The van der Waals surface area contributed by atoms with Crippen LogP contribution in [0.25, 0.3) is 0 Å². The molecule has 0 amide bonds. The third-order valence-electron chi connectivity index (χ3n) is 14.5. The van der Waals surface area contributed by atoms with Crippen LogP contribution < -0.4 is 4.89 Å². The average molecular weight is 1120 g/mol. The van der Waals surface area contributed by atoms with E-state index in [9.17, 15) is 19.0 Å². The van der Waals surface area contributed by atoms with Crippen molar-refractivity contribution in [1.82, 2.24) is 0 Å². The Bertz CT molecular complexity index is 1500. The highest BCUT2D eigenvalue weighted by Gasteiger charge is 2.22. The smallest absolute Gasteiger partial charge is 0.306 e. The maximum atomic E-state index is 12.8. The molecule has 78 heavy (non-hydrogen) atoms. The van der Waals surface area contributed by atoms with Crippen LogP contribution in [0.4, 0.5) is 0 Å². The Hall–Kier alpha value is -2.29. The van der Waals surface area contributed by atoms with E-state index in [0.29, 0.717) is 17.4 Å². The number of phosphoric acid groups is 1. The zero-order valence-electron chi connectivity index (χ0n) is 51.9. The molecule has 0 radical (unpaired) electrons. The van der Waals surface area contributed by atoms with Gasteiger partial charge in [0, 0.05) is 12.8 Å². The molecule has 0 N–H and O–H groups in total. The molecule has 0 rings (SSSR count). The number of carbonyl (C=O) groups is 2. The molecule has 0 aromatic heterocycles. The Balaban J connectivity index is 4.05. The number of likely N-dealkylation sites (N-methyl/N-ethyl adjacent to an activating group) is 1. The number of nitrogens with zero attached hydrogens (tertiary/aromatic N) is 1.